The fraction of sp³-hybridized carbons (Fsp3) is 0.789. The third-order valence-electron chi connectivity index (χ3n) is 6.15. The summed E-state index contributed by atoms with van der Waals surface area (Å²) in [7, 11) is 0. The van der Waals surface area contributed by atoms with E-state index in [1.165, 1.54) is 0 Å². The summed E-state index contributed by atoms with van der Waals surface area (Å²) in [5.41, 5.74) is 5.10. The Morgan fingerprint density at radius 3 is 2.36 bits per heavy atom. The highest BCUT2D eigenvalue weighted by Crippen LogP contribution is 2.63. The van der Waals surface area contributed by atoms with Gasteiger partial charge >= 0.3 is 17.9 Å². The van der Waals surface area contributed by atoms with Crippen molar-refractivity contribution in [2.75, 3.05) is 6.61 Å². The van der Waals surface area contributed by atoms with E-state index in [0.717, 1.165) is 19.3 Å². The lowest BCUT2D eigenvalue weighted by Crippen LogP contribution is -2.55. The van der Waals surface area contributed by atoms with E-state index in [4.69, 9.17) is 20.3 Å². The molecule has 9 heteroatoms. The summed E-state index contributed by atoms with van der Waals surface area (Å²) in [5.74, 6) is -3.66. The van der Waals surface area contributed by atoms with Gasteiger partial charge < -0.3 is 25.6 Å². The van der Waals surface area contributed by atoms with Gasteiger partial charge in [0.1, 0.15) is 6.10 Å². The number of rotatable bonds is 8. The lowest BCUT2D eigenvalue weighted by atomic mass is 9.70. The first-order chi connectivity index (χ1) is 12.9. The standard InChI is InChI=1S/C19H30N2O7/c1-5-27-15(25)13(21-14(24)11(20)8-12(22)23)16(26)28-17-18(2,3)10-6-7-19(17,4)9-10/h10-11,13,17H,5-9,20H2,1-4H3,(H,21,24)(H,22,23). The highest BCUT2D eigenvalue weighted by Gasteiger charge is 2.61. The molecule has 2 aliphatic carbocycles. The summed E-state index contributed by atoms with van der Waals surface area (Å²) in [4.78, 5) is 47.9. The molecule has 0 spiro atoms. The minimum absolute atomic E-state index is 0.00831. The molecule has 2 saturated carbocycles. The molecule has 2 fully saturated rings. The lowest BCUT2D eigenvalue weighted by Gasteiger charge is -2.42. The van der Waals surface area contributed by atoms with E-state index in [2.05, 4.69) is 12.2 Å². The highest BCUT2D eigenvalue weighted by atomic mass is 16.6. The molecule has 0 heterocycles. The maximum Gasteiger partial charge on any atom is 0.340 e. The van der Waals surface area contributed by atoms with Gasteiger partial charge in [0.25, 0.3) is 0 Å². The molecule has 0 aromatic rings. The molecule has 0 radical (unpaired) electrons. The van der Waals surface area contributed by atoms with Crippen molar-refractivity contribution in [2.45, 2.75) is 71.6 Å². The van der Waals surface area contributed by atoms with Crippen LogP contribution in [0.1, 0.15) is 53.4 Å². The molecule has 1 amide bonds. The monoisotopic (exact) mass is 398 g/mol. The third kappa shape index (κ3) is 4.29. The van der Waals surface area contributed by atoms with E-state index in [0.29, 0.717) is 5.92 Å². The molecule has 9 nitrogen and oxygen atoms in total. The van der Waals surface area contributed by atoms with Gasteiger partial charge in [0.05, 0.1) is 19.1 Å². The smallest absolute Gasteiger partial charge is 0.340 e. The van der Waals surface area contributed by atoms with Crippen LogP contribution in [-0.4, -0.2) is 53.7 Å². The summed E-state index contributed by atoms with van der Waals surface area (Å²) in [6, 6.07) is -3.09. The molecular formula is C19H30N2O7. The number of nitrogens with one attached hydrogen (secondary N) is 1. The Kier molecular flexibility index (Phi) is 6.37. The predicted octanol–water partition coefficient (Wildman–Crippen LogP) is 0.594. The number of amides is 1. The zero-order chi connectivity index (χ0) is 21.3. The molecule has 5 unspecified atom stereocenters. The minimum atomic E-state index is -1.69. The summed E-state index contributed by atoms with van der Waals surface area (Å²) in [6.07, 6.45) is 1.91. The number of esters is 2. The molecule has 28 heavy (non-hydrogen) atoms. The zero-order valence-corrected chi connectivity index (χ0v) is 16.8. The quantitative estimate of drug-likeness (QED) is 0.398. The van der Waals surface area contributed by atoms with Gasteiger partial charge in [0, 0.05) is 10.8 Å². The van der Waals surface area contributed by atoms with Gasteiger partial charge in [-0.2, -0.15) is 0 Å². The van der Waals surface area contributed by atoms with Crippen molar-refractivity contribution in [1.82, 2.24) is 5.32 Å². The second kappa shape index (κ2) is 8.06. The van der Waals surface area contributed by atoms with Gasteiger partial charge in [-0.25, -0.2) is 9.59 Å². The van der Waals surface area contributed by atoms with E-state index in [9.17, 15) is 19.2 Å². The summed E-state index contributed by atoms with van der Waals surface area (Å²) >= 11 is 0. The summed E-state index contributed by atoms with van der Waals surface area (Å²) < 4.78 is 10.6. The number of aliphatic carboxylic acids is 1. The third-order valence-corrected chi connectivity index (χ3v) is 6.15. The van der Waals surface area contributed by atoms with E-state index >= 15 is 0 Å². The Labute approximate surface area is 164 Å². The van der Waals surface area contributed by atoms with Crippen molar-refractivity contribution in [3.05, 3.63) is 0 Å². The normalized spacial score (nSPS) is 29.6. The van der Waals surface area contributed by atoms with Crippen LogP contribution in [0.25, 0.3) is 0 Å². The molecule has 5 atom stereocenters. The van der Waals surface area contributed by atoms with Crippen molar-refractivity contribution >= 4 is 23.8 Å². The molecule has 0 aromatic heterocycles. The van der Waals surface area contributed by atoms with E-state index in [1.807, 2.05) is 13.8 Å². The highest BCUT2D eigenvalue weighted by molar-refractivity contribution is 6.03. The molecule has 0 saturated heterocycles. The molecule has 0 aliphatic heterocycles. The van der Waals surface area contributed by atoms with Crippen molar-refractivity contribution in [3.63, 3.8) is 0 Å². The number of carboxylic acids is 1. The van der Waals surface area contributed by atoms with Crippen LogP contribution in [0.15, 0.2) is 0 Å². The van der Waals surface area contributed by atoms with Crippen LogP contribution in [0.3, 0.4) is 0 Å². The average molecular weight is 398 g/mol. The van der Waals surface area contributed by atoms with Crippen LogP contribution in [0.5, 0.6) is 0 Å². The predicted molar refractivity (Wildman–Crippen MR) is 97.9 cm³/mol. The van der Waals surface area contributed by atoms with Crippen molar-refractivity contribution in [1.29, 1.82) is 0 Å². The second-order valence-corrected chi connectivity index (χ2v) is 8.63. The molecule has 2 bridgehead atoms. The van der Waals surface area contributed by atoms with Crippen molar-refractivity contribution < 1.29 is 33.8 Å². The first kappa shape index (κ1) is 22.1. The van der Waals surface area contributed by atoms with E-state index in [-0.39, 0.29) is 17.4 Å². The van der Waals surface area contributed by atoms with Gasteiger partial charge in [-0.3, -0.25) is 9.59 Å². The molecular weight excluding hydrogens is 368 g/mol. The topological polar surface area (TPSA) is 145 Å². The van der Waals surface area contributed by atoms with Crippen LogP contribution < -0.4 is 11.1 Å². The largest absolute Gasteiger partial charge is 0.481 e. The van der Waals surface area contributed by atoms with Crippen LogP contribution in [0.2, 0.25) is 0 Å². The Morgan fingerprint density at radius 2 is 1.86 bits per heavy atom. The number of carboxylic acid groups (broad SMARTS) is 1. The second-order valence-electron chi connectivity index (χ2n) is 8.63. The van der Waals surface area contributed by atoms with Gasteiger partial charge in [0.15, 0.2) is 0 Å². The molecule has 4 N–H and O–H groups in total. The van der Waals surface area contributed by atoms with Crippen molar-refractivity contribution in [3.8, 4) is 0 Å². The van der Waals surface area contributed by atoms with E-state index < -0.39 is 48.4 Å². The number of nitrogens with two attached hydrogens (primary N) is 1. The van der Waals surface area contributed by atoms with Crippen LogP contribution >= 0.6 is 0 Å². The Bertz CT molecular complexity index is 658. The first-order valence-corrected chi connectivity index (χ1v) is 9.57. The Morgan fingerprint density at radius 1 is 1.21 bits per heavy atom. The SMILES string of the molecule is CCOC(=O)C(NC(=O)C(N)CC(=O)O)C(=O)OC1C2(C)CCC(C2)C1(C)C. The van der Waals surface area contributed by atoms with Gasteiger partial charge in [0.2, 0.25) is 11.9 Å². The van der Waals surface area contributed by atoms with Crippen LogP contribution in [0, 0.1) is 16.7 Å². The molecule has 158 valence electrons. The number of ether oxygens (including phenoxy) is 2. The average Bonchev–Trinajstić information content (AvgIpc) is 3.06. The Hall–Kier alpha value is -2.16. The number of fused-ring (bicyclic) bond motifs is 2. The first-order valence-electron chi connectivity index (χ1n) is 9.57. The number of carbonyl (C=O) groups is 4. The number of hydrogen-bond donors (Lipinski definition) is 3. The fourth-order valence-corrected chi connectivity index (χ4v) is 4.70. The molecule has 2 aliphatic rings. The number of hydrogen-bond acceptors (Lipinski definition) is 7. The maximum atomic E-state index is 12.8. The number of carbonyl (C=O) groups excluding carboxylic acids is 3. The fourth-order valence-electron chi connectivity index (χ4n) is 4.70. The minimum Gasteiger partial charge on any atom is -0.481 e. The van der Waals surface area contributed by atoms with Crippen LogP contribution in [0.4, 0.5) is 0 Å². The summed E-state index contributed by atoms with van der Waals surface area (Å²) in [6.45, 7) is 7.73. The Balaban J connectivity index is 2.14. The molecule has 2 rings (SSSR count). The van der Waals surface area contributed by atoms with Gasteiger partial charge in [-0.1, -0.05) is 20.8 Å². The zero-order valence-electron chi connectivity index (χ0n) is 16.8. The maximum absolute atomic E-state index is 12.8. The summed E-state index contributed by atoms with van der Waals surface area (Å²) in [5, 5.41) is 11.0. The molecule has 0 aromatic carbocycles. The van der Waals surface area contributed by atoms with Gasteiger partial charge in [-0.05, 0) is 32.1 Å². The van der Waals surface area contributed by atoms with Crippen molar-refractivity contribution in [2.24, 2.45) is 22.5 Å². The van der Waals surface area contributed by atoms with Gasteiger partial charge in [-0.15, -0.1) is 0 Å². The van der Waals surface area contributed by atoms with E-state index in [1.54, 1.807) is 6.92 Å². The lowest BCUT2D eigenvalue weighted by molar-refractivity contribution is -0.173. The van der Waals surface area contributed by atoms with Crippen LogP contribution in [-0.2, 0) is 28.7 Å².